The molecule has 142 valence electrons. The molecule has 1 atom stereocenters. The molecule has 2 amide bonds. The van der Waals surface area contributed by atoms with E-state index in [2.05, 4.69) is 15.5 Å². The van der Waals surface area contributed by atoms with Gasteiger partial charge in [0, 0.05) is 19.2 Å². The molecule has 3 heterocycles. The van der Waals surface area contributed by atoms with Gasteiger partial charge in [0.25, 0.3) is 12.3 Å². The van der Waals surface area contributed by atoms with Crippen LogP contribution < -0.4 is 10.2 Å². The Hall–Kier alpha value is -2.23. The first kappa shape index (κ1) is 18.6. The number of fused-ring (bicyclic) bond motifs is 3. The molecule has 0 saturated carbocycles. The zero-order valence-corrected chi connectivity index (χ0v) is 15.2. The fraction of sp³-hybridized carbons (Fsp3) is 0.600. The Morgan fingerprint density at radius 3 is 2.69 bits per heavy atom. The fourth-order valence-electron chi connectivity index (χ4n) is 3.04. The van der Waals surface area contributed by atoms with E-state index in [1.165, 1.54) is 11.0 Å². The van der Waals surface area contributed by atoms with Gasteiger partial charge in [0.05, 0.1) is 12.2 Å². The monoisotopic (exact) mass is 389 g/mol. The second kappa shape index (κ2) is 6.19. The van der Waals surface area contributed by atoms with Crippen molar-refractivity contribution in [1.29, 1.82) is 0 Å². The SMILES string of the molecule is CC(C)(C)OC(=O)N1CCN2c3cc(Cl)nnc3NC(=O)[C@]2(C(F)F)C1. The van der Waals surface area contributed by atoms with Crippen molar-refractivity contribution in [2.45, 2.75) is 38.3 Å². The molecule has 3 rings (SSSR count). The number of amides is 2. The number of hydrogen-bond acceptors (Lipinski definition) is 6. The topological polar surface area (TPSA) is 87.7 Å². The molecular weight excluding hydrogens is 372 g/mol. The van der Waals surface area contributed by atoms with Crippen molar-refractivity contribution in [2.75, 3.05) is 29.9 Å². The van der Waals surface area contributed by atoms with Gasteiger partial charge in [-0.1, -0.05) is 11.6 Å². The molecule has 26 heavy (non-hydrogen) atoms. The summed E-state index contributed by atoms with van der Waals surface area (Å²) in [7, 11) is 0. The second-order valence-electron chi connectivity index (χ2n) is 7.13. The number of hydrogen-bond donors (Lipinski definition) is 1. The Labute approximate surface area is 153 Å². The molecule has 11 heteroatoms. The Kier molecular flexibility index (Phi) is 4.41. The molecule has 1 saturated heterocycles. The van der Waals surface area contributed by atoms with Crippen LogP contribution in [0.2, 0.25) is 5.15 Å². The maximum atomic E-state index is 14.1. The number of anilines is 2. The molecule has 1 N–H and O–H groups in total. The van der Waals surface area contributed by atoms with Crippen LogP contribution in [0.15, 0.2) is 6.07 Å². The Morgan fingerprint density at radius 1 is 1.38 bits per heavy atom. The molecule has 1 aromatic heterocycles. The molecule has 0 aromatic carbocycles. The lowest BCUT2D eigenvalue weighted by Crippen LogP contribution is -2.73. The minimum atomic E-state index is -3.06. The first-order valence-corrected chi connectivity index (χ1v) is 8.31. The van der Waals surface area contributed by atoms with E-state index in [-0.39, 0.29) is 29.7 Å². The Bertz CT molecular complexity index is 757. The van der Waals surface area contributed by atoms with Crippen LogP contribution in [0.25, 0.3) is 0 Å². The van der Waals surface area contributed by atoms with Crippen LogP contribution in [-0.2, 0) is 9.53 Å². The van der Waals surface area contributed by atoms with Gasteiger partial charge in [-0.05, 0) is 20.8 Å². The first-order chi connectivity index (χ1) is 12.0. The summed E-state index contributed by atoms with van der Waals surface area (Å²) >= 11 is 5.84. The van der Waals surface area contributed by atoms with Gasteiger partial charge in [0.1, 0.15) is 5.60 Å². The van der Waals surface area contributed by atoms with E-state index in [1.54, 1.807) is 20.8 Å². The van der Waals surface area contributed by atoms with Crippen LogP contribution in [0.5, 0.6) is 0 Å². The maximum Gasteiger partial charge on any atom is 0.410 e. The van der Waals surface area contributed by atoms with Crippen LogP contribution in [0.1, 0.15) is 20.8 Å². The van der Waals surface area contributed by atoms with Crippen LogP contribution >= 0.6 is 11.6 Å². The summed E-state index contributed by atoms with van der Waals surface area (Å²) in [4.78, 5) is 27.3. The highest BCUT2D eigenvalue weighted by molar-refractivity contribution is 6.29. The zero-order chi connectivity index (χ0) is 19.3. The van der Waals surface area contributed by atoms with E-state index in [9.17, 15) is 18.4 Å². The molecular formula is C15H18ClF2N5O3. The number of rotatable bonds is 1. The number of alkyl halides is 2. The Balaban J connectivity index is 1.98. The third kappa shape index (κ3) is 3.02. The van der Waals surface area contributed by atoms with E-state index in [0.29, 0.717) is 0 Å². The van der Waals surface area contributed by atoms with E-state index in [0.717, 1.165) is 4.90 Å². The van der Waals surface area contributed by atoms with Gasteiger partial charge in [0.15, 0.2) is 16.5 Å². The molecule has 8 nitrogen and oxygen atoms in total. The Morgan fingerprint density at radius 2 is 2.08 bits per heavy atom. The summed E-state index contributed by atoms with van der Waals surface area (Å²) in [5.74, 6) is -0.897. The number of carbonyl (C=O) groups excluding carboxylic acids is 2. The van der Waals surface area contributed by atoms with E-state index in [4.69, 9.17) is 16.3 Å². The van der Waals surface area contributed by atoms with Crippen molar-refractivity contribution in [2.24, 2.45) is 0 Å². The van der Waals surface area contributed by atoms with Gasteiger partial charge in [-0.3, -0.25) is 4.79 Å². The van der Waals surface area contributed by atoms with Crippen molar-refractivity contribution in [3.63, 3.8) is 0 Å². The molecule has 2 aliphatic rings. The lowest BCUT2D eigenvalue weighted by Gasteiger charge is -2.51. The maximum absolute atomic E-state index is 14.1. The van der Waals surface area contributed by atoms with Crippen LogP contribution in [0.3, 0.4) is 0 Å². The fourth-order valence-corrected chi connectivity index (χ4v) is 3.18. The quantitative estimate of drug-likeness (QED) is 0.791. The number of carbonyl (C=O) groups is 2. The minimum Gasteiger partial charge on any atom is -0.444 e. The zero-order valence-electron chi connectivity index (χ0n) is 14.4. The third-order valence-electron chi connectivity index (χ3n) is 4.18. The normalized spacial score (nSPS) is 22.7. The summed E-state index contributed by atoms with van der Waals surface area (Å²) in [6.45, 7) is 4.60. The van der Waals surface area contributed by atoms with Gasteiger partial charge >= 0.3 is 6.09 Å². The van der Waals surface area contributed by atoms with Gasteiger partial charge in [-0.2, -0.15) is 0 Å². The lowest BCUT2D eigenvalue weighted by molar-refractivity contribution is -0.129. The average molecular weight is 390 g/mol. The summed E-state index contributed by atoms with van der Waals surface area (Å²) in [5, 5.41) is 9.72. The highest BCUT2D eigenvalue weighted by Crippen LogP contribution is 2.41. The van der Waals surface area contributed by atoms with Crippen molar-refractivity contribution in [1.82, 2.24) is 15.1 Å². The van der Waals surface area contributed by atoms with Crippen molar-refractivity contribution < 1.29 is 23.1 Å². The molecule has 2 aliphatic heterocycles. The number of nitrogens with one attached hydrogen (secondary N) is 1. The summed E-state index contributed by atoms with van der Waals surface area (Å²) in [6.07, 6.45) is -3.81. The number of piperazine rings is 1. The lowest BCUT2D eigenvalue weighted by atomic mass is 9.90. The average Bonchev–Trinajstić information content (AvgIpc) is 2.53. The van der Waals surface area contributed by atoms with Gasteiger partial charge < -0.3 is 19.9 Å². The highest BCUT2D eigenvalue weighted by atomic mass is 35.5. The molecule has 0 bridgehead atoms. The van der Waals surface area contributed by atoms with E-state index < -0.39 is 36.1 Å². The number of nitrogens with zero attached hydrogens (tertiary/aromatic N) is 4. The minimum absolute atomic E-state index is 0.00791. The van der Waals surface area contributed by atoms with Gasteiger partial charge in [-0.25, -0.2) is 13.6 Å². The molecule has 1 aromatic rings. The predicted molar refractivity (Wildman–Crippen MR) is 89.6 cm³/mol. The molecule has 1 fully saturated rings. The van der Waals surface area contributed by atoms with Crippen molar-refractivity contribution in [3.8, 4) is 0 Å². The standard InChI is InChI=1S/C15H18ClF2N5O3/c1-14(2,3)26-13(25)22-4-5-23-8-6-9(16)20-21-10(8)19-12(24)15(23,7-22)11(17)18/h6,11H,4-5,7H2,1-3H3,(H,19,21,24)/t15-/m1/s1. The van der Waals surface area contributed by atoms with E-state index in [1.807, 2.05) is 0 Å². The molecule has 0 radical (unpaired) electrons. The largest absolute Gasteiger partial charge is 0.444 e. The summed E-state index contributed by atoms with van der Waals surface area (Å²) < 4.78 is 33.5. The number of ether oxygens (including phenoxy) is 1. The van der Waals surface area contributed by atoms with Crippen LogP contribution in [0.4, 0.5) is 25.1 Å². The van der Waals surface area contributed by atoms with Crippen LogP contribution in [0, 0.1) is 0 Å². The molecule has 0 spiro atoms. The molecule has 0 aliphatic carbocycles. The van der Waals surface area contributed by atoms with Gasteiger partial charge in [0.2, 0.25) is 0 Å². The number of halogens is 3. The van der Waals surface area contributed by atoms with Crippen molar-refractivity contribution >= 4 is 35.1 Å². The predicted octanol–water partition coefficient (Wildman–Crippen LogP) is 2.14. The van der Waals surface area contributed by atoms with Crippen LogP contribution in [-0.4, -0.2) is 64.3 Å². The van der Waals surface area contributed by atoms with Gasteiger partial charge in [-0.15, -0.1) is 10.2 Å². The smallest absolute Gasteiger partial charge is 0.410 e. The highest BCUT2D eigenvalue weighted by Gasteiger charge is 2.59. The summed E-state index contributed by atoms with van der Waals surface area (Å²) in [5.41, 5.74) is -2.79. The number of aromatic nitrogens is 2. The second-order valence-corrected chi connectivity index (χ2v) is 7.52. The third-order valence-corrected chi connectivity index (χ3v) is 4.36. The van der Waals surface area contributed by atoms with Crippen molar-refractivity contribution in [3.05, 3.63) is 11.2 Å². The summed E-state index contributed by atoms with van der Waals surface area (Å²) in [6, 6.07) is 1.36. The van der Waals surface area contributed by atoms with E-state index >= 15 is 0 Å². The first-order valence-electron chi connectivity index (χ1n) is 7.93. The molecule has 0 unspecified atom stereocenters.